The number of esters is 1. The number of nitrogens with two attached hydrogens (primary N) is 1. The average molecular weight is 188 g/mol. The number of rotatable bonds is 1. The number of halogens is 1. The lowest BCUT2D eigenvalue weighted by Crippen LogP contribution is -2.09. The van der Waals surface area contributed by atoms with Gasteiger partial charge in [0.05, 0.1) is 12.8 Å². The highest BCUT2D eigenvalue weighted by Crippen LogP contribution is 2.12. The molecule has 1 aromatic heterocycles. The maximum atomic E-state index is 10.9. The van der Waals surface area contributed by atoms with E-state index in [0.717, 1.165) is 0 Å². The maximum absolute atomic E-state index is 10.9. The van der Waals surface area contributed by atoms with Gasteiger partial charge in [0.2, 0.25) is 0 Å². The van der Waals surface area contributed by atoms with Crippen LogP contribution in [0.3, 0.4) is 0 Å². The van der Waals surface area contributed by atoms with Crippen LogP contribution in [-0.4, -0.2) is 23.3 Å². The fraction of sp³-hybridized carbons (Fsp3) is 0.167. The van der Waals surface area contributed by atoms with Crippen molar-refractivity contribution >= 4 is 23.3 Å². The van der Waals surface area contributed by atoms with Crippen LogP contribution in [0.1, 0.15) is 10.5 Å². The summed E-state index contributed by atoms with van der Waals surface area (Å²) >= 11 is 5.46. The number of anilines is 1. The molecule has 0 aromatic carbocycles. The zero-order valence-corrected chi connectivity index (χ0v) is 7.00. The second-order valence-corrected chi connectivity index (χ2v) is 2.35. The van der Waals surface area contributed by atoms with Gasteiger partial charge in [0.1, 0.15) is 0 Å². The van der Waals surface area contributed by atoms with E-state index in [-0.39, 0.29) is 16.5 Å². The van der Waals surface area contributed by atoms with E-state index in [1.807, 2.05) is 0 Å². The van der Waals surface area contributed by atoms with Crippen LogP contribution >= 0.6 is 11.6 Å². The minimum Gasteiger partial charge on any atom is -0.464 e. The summed E-state index contributed by atoms with van der Waals surface area (Å²) in [6.07, 6.45) is 0. The van der Waals surface area contributed by atoms with E-state index in [1.54, 1.807) is 0 Å². The van der Waals surface area contributed by atoms with Crippen molar-refractivity contribution in [3.63, 3.8) is 0 Å². The highest BCUT2D eigenvalue weighted by molar-refractivity contribution is 6.29. The Hall–Kier alpha value is -1.36. The number of carbonyl (C=O) groups excluding carboxylic acids is 1. The highest BCUT2D eigenvalue weighted by Gasteiger charge is 2.12. The van der Waals surface area contributed by atoms with Crippen LogP contribution in [0.15, 0.2) is 6.07 Å². The number of aromatic nitrogens is 2. The second-order valence-electron chi connectivity index (χ2n) is 1.96. The standard InChI is InChI=1S/C6H6ClN3O2/c1-12-6(11)5-3(8)2-4(7)9-10-5/h2H,1H3,(H2,8,9). The van der Waals surface area contributed by atoms with Gasteiger partial charge < -0.3 is 10.5 Å². The molecule has 0 saturated carbocycles. The van der Waals surface area contributed by atoms with Gasteiger partial charge in [-0.3, -0.25) is 0 Å². The fourth-order valence-corrected chi connectivity index (χ4v) is 0.792. The minimum atomic E-state index is -0.628. The molecule has 0 unspecified atom stereocenters. The topological polar surface area (TPSA) is 78.1 Å². The molecule has 2 N–H and O–H groups in total. The Balaban J connectivity index is 3.09. The van der Waals surface area contributed by atoms with Crippen LogP contribution in [-0.2, 0) is 4.74 Å². The third kappa shape index (κ3) is 1.62. The Morgan fingerprint density at radius 3 is 2.83 bits per heavy atom. The molecule has 1 rings (SSSR count). The lowest BCUT2D eigenvalue weighted by Gasteiger charge is -2.00. The van der Waals surface area contributed by atoms with Gasteiger partial charge in [0.15, 0.2) is 10.8 Å². The minimum absolute atomic E-state index is 0.0260. The molecule has 0 aliphatic rings. The molecule has 0 saturated heterocycles. The molecule has 0 fully saturated rings. The van der Waals surface area contributed by atoms with Crippen LogP contribution in [0.4, 0.5) is 5.69 Å². The number of methoxy groups -OCH3 is 1. The number of nitrogen functional groups attached to an aromatic ring is 1. The lowest BCUT2D eigenvalue weighted by molar-refractivity contribution is 0.0594. The lowest BCUT2D eigenvalue weighted by atomic mass is 10.3. The van der Waals surface area contributed by atoms with Crippen molar-refractivity contribution in [1.29, 1.82) is 0 Å². The summed E-state index contributed by atoms with van der Waals surface area (Å²) in [5.41, 5.74) is 5.54. The van der Waals surface area contributed by atoms with E-state index in [4.69, 9.17) is 17.3 Å². The summed E-state index contributed by atoms with van der Waals surface area (Å²) in [5, 5.41) is 7.05. The molecule has 0 aliphatic heterocycles. The number of hydrogen-bond acceptors (Lipinski definition) is 5. The van der Waals surface area contributed by atoms with Gasteiger partial charge in [-0.1, -0.05) is 11.6 Å². The van der Waals surface area contributed by atoms with E-state index in [9.17, 15) is 4.79 Å². The first-order valence-corrected chi connectivity index (χ1v) is 3.40. The van der Waals surface area contributed by atoms with Crippen molar-refractivity contribution in [3.8, 4) is 0 Å². The quantitative estimate of drug-likeness (QED) is 0.648. The van der Waals surface area contributed by atoms with Crippen molar-refractivity contribution < 1.29 is 9.53 Å². The van der Waals surface area contributed by atoms with Crippen molar-refractivity contribution in [2.75, 3.05) is 12.8 Å². The van der Waals surface area contributed by atoms with E-state index < -0.39 is 5.97 Å². The Labute approximate surface area is 73.5 Å². The summed E-state index contributed by atoms with van der Waals surface area (Å²) in [7, 11) is 1.23. The van der Waals surface area contributed by atoms with Gasteiger partial charge in [0.25, 0.3) is 0 Å². The molecule has 1 heterocycles. The molecule has 1 aromatic rings. The molecule has 0 aliphatic carbocycles. The Morgan fingerprint density at radius 1 is 1.67 bits per heavy atom. The molecule has 0 radical (unpaired) electrons. The highest BCUT2D eigenvalue weighted by atomic mass is 35.5. The van der Waals surface area contributed by atoms with Crippen LogP contribution < -0.4 is 5.73 Å². The first-order valence-electron chi connectivity index (χ1n) is 3.02. The molecule has 6 heteroatoms. The smallest absolute Gasteiger partial charge is 0.360 e. The normalized spacial score (nSPS) is 9.50. The number of nitrogens with zero attached hydrogens (tertiary/aromatic N) is 2. The van der Waals surface area contributed by atoms with Crippen molar-refractivity contribution in [2.24, 2.45) is 0 Å². The third-order valence-electron chi connectivity index (χ3n) is 1.17. The Morgan fingerprint density at radius 2 is 2.33 bits per heavy atom. The van der Waals surface area contributed by atoms with Crippen LogP contribution in [0.25, 0.3) is 0 Å². The van der Waals surface area contributed by atoms with E-state index in [1.165, 1.54) is 13.2 Å². The van der Waals surface area contributed by atoms with Crippen LogP contribution in [0.5, 0.6) is 0 Å². The van der Waals surface area contributed by atoms with Crippen LogP contribution in [0, 0.1) is 0 Å². The average Bonchev–Trinajstić information content (AvgIpc) is 2.03. The van der Waals surface area contributed by atoms with E-state index in [0.29, 0.717) is 0 Å². The number of ether oxygens (including phenoxy) is 1. The Kier molecular flexibility index (Phi) is 2.44. The summed E-state index contributed by atoms with van der Waals surface area (Å²) < 4.78 is 4.39. The molecule has 64 valence electrons. The zero-order chi connectivity index (χ0) is 9.14. The summed E-state index contributed by atoms with van der Waals surface area (Å²) in [6.45, 7) is 0. The van der Waals surface area contributed by atoms with Gasteiger partial charge in [-0.15, -0.1) is 10.2 Å². The molecule has 0 amide bonds. The largest absolute Gasteiger partial charge is 0.464 e. The van der Waals surface area contributed by atoms with Gasteiger partial charge >= 0.3 is 5.97 Å². The van der Waals surface area contributed by atoms with Gasteiger partial charge in [-0.25, -0.2) is 4.79 Å². The first-order chi connectivity index (χ1) is 5.65. The molecule has 5 nitrogen and oxygen atoms in total. The molecule has 0 spiro atoms. The molecule has 0 atom stereocenters. The van der Waals surface area contributed by atoms with Crippen molar-refractivity contribution in [1.82, 2.24) is 10.2 Å². The van der Waals surface area contributed by atoms with Gasteiger partial charge in [-0.05, 0) is 0 Å². The second kappa shape index (κ2) is 3.36. The van der Waals surface area contributed by atoms with Crippen molar-refractivity contribution in [3.05, 3.63) is 16.9 Å². The third-order valence-corrected chi connectivity index (χ3v) is 1.36. The van der Waals surface area contributed by atoms with Gasteiger partial charge in [0, 0.05) is 6.07 Å². The Bertz CT molecular complexity index is 316. The first kappa shape index (κ1) is 8.73. The summed E-state index contributed by atoms with van der Waals surface area (Å²) in [6, 6.07) is 1.33. The monoisotopic (exact) mass is 187 g/mol. The molecule has 0 bridgehead atoms. The molecule has 12 heavy (non-hydrogen) atoms. The SMILES string of the molecule is COC(=O)c1nnc(Cl)cc1N. The van der Waals surface area contributed by atoms with Crippen molar-refractivity contribution in [2.45, 2.75) is 0 Å². The summed E-state index contributed by atoms with van der Waals surface area (Å²) in [5.74, 6) is -0.628. The van der Waals surface area contributed by atoms with E-state index >= 15 is 0 Å². The number of hydrogen-bond donors (Lipinski definition) is 1. The zero-order valence-electron chi connectivity index (χ0n) is 6.24. The number of carbonyl (C=O) groups is 1. The molecular weight excluding hydrogens is 182 g/mol. The van der Waals surface area contributed by atoms with E-state index in [2.05, 4.69) is 14.9 Å². The fourth-order valence-electron chi connectivity index (χ4n) is 0.636. The van der Waals surface area contributed by atoms with Crippen LogP contribution in [0.2, 0.25) is 5.15 Å². The molecular formula is C6H6ClN3O2. The predicted octanol–water partition coefficient (Wildman–Crippen LogP) is 0.499. The maximum Gasteiger partial charge on any atom is 0.360 e. The van der Waals surface area contributed by atoms with Gasteiger partial charge in [-0.2, -0.15) is 0 Å². The summed E-state index contributed by atoms with van der Waals surface area (Å²) in [4.78, 5) is 10.9. The predicted molar refractivity (Wildman–Crippen MR) is 42.8 cm³/mol.